The molecule has 2 unspecified atom stereocenters. The third-order valence-corrected chi connectivity index (χ3v) is 2.34. The van der Waals surface area contributed by atoms with E-state index >= 15 is 0 Å². The van der Waals surface area contributed by atoms with Crippen molar-refractivity contribution in [1.82, 2.24) is 10.6 Å². The normalized spacial score (nSPS) is 13.7. The van der Waals surface area contributed by atoms with Gasteiger partial charge >= 0.3 is 5.97 Å². The molecule has 8 nitrogen and oxygen atoms in total. The molecule has 110 valence electrons. The summed E-state index contributed by atoms with van der Waals surface area (Å²) in [5.74, 6) is -2.45. The zero-order valence-electron chi connectivity index (χ0n) is 11.0. The van der Waals surface area contributed by atoms with Crippen molar-refractivity contribution in [2.24, 2.45) is 11.7 Å². The van der Waals surface area contributed by atoms with Crippen LogP contribution in [0.5, 0.6) is 0 Å². The molecular weight excluding hydrogens is 254 g/mol. The highest BCUT2D eigenvalue weighted by Gasteiger charge is 2.26. The molecule has 0 aliphatic heterocycles. The van der Waals surface area contributed by atoms with Gasteiger partial charge in [-0.05, 0) is 12.3 Å². The highest BCUT2D eigenvalue weighted by Crippen LogP contribution is 2.05. The summed E-state index contributed by atoms with van der Waals surface area (Å²) in [5.41, 5.74) is 5.07. The van der Waals surface area contributed by atoms with Crippen LogP contribution < -0.4 is 16.4 Å². The van der Waals surface area contributed by atoms with Crippen molar-refractivity contribution in [3.05, 3.63) is 0 Å². The van der Waals surface area contributed by atoms with Crippen molar-refractivity contribution < 1.29 is 24.6 Å². The summed E-state index contributed by atoms with van der Waals surface area (Å²) in [6.45, 7) is 2.69. The molecule has 0 aliphatic carbocycles. The number of hydrogen-bond donors (Lipinski definition) is 5. The molecule has 2 amide bonds. The van der Waals surface area contributed by atoms with Gasteiger partial charge in [0, 0.05) is 0 Å². The van der Waals surface area contributed by atoms with Crippen LogP contribution in [0.2, 0.25) is 0 Å². The third-order valence-electron chi connectivity index (χ3n) is 2.34. The molecule has 0 heterocycles. The summed E-state index contributed by atoms with van der Waals surface area (Å²) >= 11 is 0. The number of nitrogens with two attached hydrogens (primary N) is 1. The first-order valence-electron chi connectivity index (χ1n) is 5.95. The molecule has 0 spiro atoms. The van der Waals surface area contributed by atoms with Crippen LogP contribution in [0.4, 0.5) is 0 Å². The first-order chi connectivity index (χ1) is 8.81. The van der Waals surface area contributed by atoms with Crippen LogP contribution in [0.3, 0.4) is 0 Å². The van der Waals surface area contributed by atoms with Crippen LogP contribution in [0.15, 0.2) is 0 Å². The molecule has 0 bridgehead atoms. The Morgan fingerprint density at radius 3 is 2.11 bits per heavy atom. The number of rotatable bonds is 8. The molecule has 0 aliphatic rings. The molecule has 6 N–H and O–H groups in total. The van der Waals surface area contributed by atoms with Crippen molar-refractivity contribution in [3.8, 4) is 0 Å². The second kappa shape index (κ2) is 8.44. The molecule has 0 saturated heterocycles. The number of carbonyl (C=O) groups is 3. The average molecular weight is 275 g/mol. The number of aliphatic carboxylic acids is 1. The highest BCUT2D eigenvalue weighted by atomic mass is 16.4. The van der Waals surface area contributed by atoms with Gasteiger partial charge in [-0.15, -0.1) is 0 Å². The molecule has 2 atom stereocenters. The maximum atomic E-state index is 11.7. The van der Waals surface area contributed by atoms with Crippen LogP contribution in [-0.4, -0.2) is 53.2 Å². The lowest BCUT2D eigenvalue weighted by Crippen LogP contribution is -2.54. The summed E-state index contributed by atoms with van der Waals surface area (Å²) in [4.78, 5) is 33.7. The molecule has 0 aromatic heterocycles. The predicted octanol–water partition coefficient (Wildman–Crippen LogP) is -1.96. The predicted molar refractivity (Wildman–Crippen MR) is 67.1 cm³/mol. The zero-order chi connectivity index (χ0) is 15.0. The Morgan fingerprint density at radius 1 is 1.16 bits per heavy atom. The lowest BCUT2D eigenvalue weighted by Gasteiger charge is -2.20. The number of hydrogen-bond acceptors (Lipinski definition) is 5. The number of aliphatic hydroxyl groups excluding tert-OH is 1. The number of nitrogens with one attached hydrogen (secondary N) is 2. The highest BCUT2D eigenvalue weighted by molar-refractivity contribution is 5.90. The molecule has 0 aromatic rings. The largest absolute Gasteiger partial charge is 0.480 e. The molecule has 8 heteroatoms. The molecule has 0 saturated carbocycles. The van der Waals surface area contributed by atoms with Crippen molar-refractivity contribution in [1.29, 1.82) is 0 Å². The SMILES string of the molecule is CC(C)CC(NC(=O)C(CO)NC(=O)CN)C(=O)O. The Morgan fingerprint density at radius 2 is 1.74 bits per heavy atom. The molecule has 0 aromatic carbocycles. The summed E-state index contributed by atoms with van der Waals surface area (Å²) in [5, 5.41) is 22.4. The van der Waals surface area contributed by atoms with Gasteiger partial charge in [0.05, 0.1) is 13.2 Å². The summed E-state index contributed by atoms with van der Waals surface area (Å²) < 4.78 is 0. The van der Waals surface area contributed by atoms with Gasteiger partial charge in [0.1, 0.15) is 12.1 Å². The first-order valence-corrected chi connectivity index (χ1v) is 5.95. The Labute approximate surface area is 111 Å². The van der Waals surface area contributed by atoms with E-state index in [0.29, 0.717) is 0 Å². The Kier molecular flexibility index (Phi) is 7.69. The second-order valence-corrected chi connectivity index (χ2v) is 4.54. The van der Waals surface area contributed by atoms with Gasteiger partial charge in [0.2, 0.25) is 11.8 Å². The lowest BCUT2D eigenvalue weighted by atomic mass is 10.0. The van der Waals surface area contributed by atoms with Crippen LogP contribution in [0, 0.1) is 5.92 Å². The molecular formula is C11H21N3O5. The minimum Gasteiger partial charge on any atom is -0.480 e. The molecule has 19 heavy (non-hydrogen) atoms. The van der Waals surface area contributed by atoms with Gasteiger partial charge < -0.3 is 26.6 Å². The van der Waals surface area contributed by atoms with Crippen LogP contribution in [0.1, 0.15) is 20.3 Å². The molecule has 0 radical (unpaired) electrons. The Bertz CT molecular complexity index is 332. The maximum absolute atomic E-state index is 11.7. The van der Waals surface area contributed by atoms with Gasteiger partial charge in [-0.25, -0.2) is 4.79 Å². The standard InChI is InChI=1S/C11H21N3O5/c1-6(2)3-7(11(18)19)14-10(17)8(5-15)13-9(16)4-12/h6-8,15H,3-5,12H2,1-2H3,(H,13,16)(H,14,17)(H,18,19). The topological polar surface area (TPSA) is 142 Å². The summed E-state index contributed by atoms with van der Waals surface area (Å²) in [7, 11) is 0. The second-order valence-electron chi connectivity index (χ2n) is 4.54. The van der Waals surface area contributed by atoms with E-state index in [9.17, 15) is 14.4 Å². The number of carbonyl (C=O) groups excluding carboxylic acids is 2. The summed E-state index contributed by atoms with van der Waals surface area (Å²) in [6.07, 6.45) is 0.254. The van der Waals surface area contributed by atoms with Crippen LogP contribution >= 0.6 is 0 Å². The number of carboxylic acid groups (broad SMARTS) is 1. The minimum absolute atomic E-state index is 0.0765. The smallest absolute Gasteiger partial charge is 0.326 e. The van der Waals surface area contributed by atoms with Gasteiger partial charge in [-0.3, -0.25) is 9.59 Å². The van der Waals surface area contributed by atoms with Crippen molar-refractivity contribution in [2.75, 3.05) is 13.2 Å². The monoisotopic (exact) mass is 275 g/mol. The van der Waals surface area contributed by atoms with E-state index in [-0.39, 0.29) is 18.9 Å². The van der Waals surface area contributed by atoms with E-state index in [1.807, 2.05) is 13.8 Å². The molecule has 0 rings (SSSR count). The average Bonchev–Trinajstić information content (AvgIpc) is 2.33. The van der Waals surface area contributed by atoms with Crippen molar-refractivity contribution in [3.63, 3.8) is 0 Å². The van der Waals surface area contributed by atoms with E-state index < -0.39 is 36.5 Å². The van der Waals surface area contributed by atoms with Gasteiger partial charge in [0.25, 0.3) is 0 Å². The fourth-order valence-corrected chi connectivity index (χ4v) is 1.41. The van der Waals surface area contributed by atoms with Crippen molar-refractivity contribution in [2.45, 2.75) is 32.4 Å². The van der Waals surface area contributed by atoms with E-state index in [1.165, 1.54) is 0 Å². The van der Waals surface area contributed by atoms with Crippen LogP contribution in [-0.2, 0) is 14.4 Å². The Balaban J connectivity index is 4.59. The van der Waals surface area contributed by atoms with Gasteiger partial charge in [-0.2, -0.15) is 0 Å². The zero-order valence-corrected chi connectivity index (χ0v) is 11.0. The maximum Gasteiger partial charge on any atom is 0.326 e. The fraction of sp³-hybridized carbons (Fsp3) is 0.727. The number of amides is 2. The number of carboxylic acids is 1. The first kappa shape index (κ1) is 17.3. The van der Waals surface area contributed by atoms with Gasteiger partial charge in [-0.1, -0.05) is 13.8 Å². The van der Waals surface area contributed by atoms with Gasteiger partial charge in [0.15, 0.2) is 0 Å². The van der Waals surface area contributed by atoms with Crippen LogP contribution in [0.25, 0.3) is 0 Å². The van der Waals surface area contributed by atoms with E-state index in [4.69, 9.17) is 15.9 Å². The lowest BCUT2D eigenvalue weighted by molar-refractivity contribution is -0.142. The fourth-order valence-electron chi connectivity index (χ4n) is 1.41. The quantitative estimate of drug-likeness (QED) is 0.348. The third kappa shape index (κ3) is 6.73. The van der Waals surface area contributed by atoms with E-state index in [2.05, 4.69) is 10.6 Å². The molecule has 0 fully saturated rings. The van der Waals surface area contributed by atoms with Crippen molar-refractivity contribution >= 4 is 17.8 Å². The summed E-state index contributed by atoms with van der Waals surface area (Å²) in [6, 6.07) is -2.26. The Hall–Kier alpha value is -1.67. The number of aliphatic hydroxyl groups is 1. The minimum atomic E-state index is -1.20. The van der Waals surface area contributed by atoms with E-state index in [0.717, 1.165) is 0 Å². The van der Waals surface area contributed by atoms with E-state index in [1.54, 1.807) is 0 Å².